The molecule has 0 fully saturated rings. The third-order valence-electron chi connectivity index (χ3n) is 2.97. The number of nitrogens with zero attached hydrogens (tertiary/aromatic N) is 1. The number of nitro groups is 1. The van der Waals surface area contributed by atoms with E-state index in [1.54, 1.807) is 6.92 Å². The number of hydrogen-bond donors (Lipinski definition) is 1. The van der Waals surface area contributed by atoms with Crippen molar-refractivity contribution in [2.45, 2.75) is 13.3 Å². The summed E-state index contributed by atoms with van der Waals surface area (Å²) >= 11 is 0. The van der Waals surface area contributed by atoms with E-state index in [0.717, 1.165) is 0 Å². The molecule has 0 aliphatic heterocycles. The van der Waals surface area contributed by atoms with E-state index in [-0.39, 0.29) is 23.8 Å². The van der Waals surface area contributed by atoms with Crippen molar-refractivity contribution in [3.05, 3.63) is 69.5 Å². The standard InChI is InChI=1S/C15H13FN2O3/c1-10-8-12(16)4-7-14(10)17-15(19)9-11-2-5-13(6-3-11)18(20)21/h2-8H,9H2,1H3,(H,17,19). The average molecular weight is 288 g/mol. The molecule has 0 aliphatic carbocycles. The summed E-state index contributed by atoms with van der Waals surface area (Å²) in [5, 5.41) is 13.2. The van der Waals surface area contributed by atoms with Gasteiger partial charge in [0.05, 0.1) is 11.3 Å². The Balaban J connectivity index is 2.02. The number of carbonyl (C=O) groups is 1. The van der Waals surface area contributed by atoms with Crippen LogP contribution in [0, 0.1) is 22.9 Å². The van der Waals surface area contributed by atoms with E-state index >= 15 is 0 Å². The molecule has 108 valence electrons. The highest BCUT2D eigenvalue weighted by molar-refractivity contribution is 5.92. The molecule has 0 radical (unpaired) electrons. The minimum absolute atomic E-state index is 0.0199. The summed E-state index contributed by atoms with van der Waals surface area (Å²) in [5.41, 5.74) is 1.82. The van der Waals surface area contributed by atoms with E-state index in [4.69, 9.17) is 0 Å². The summed E-state index contributed by atoms with van der Waals surface area (Å²) in [4.78, 5) is 21.9. The average Bonchev–Trinajstić information content (AvgIpc) is 2.42. The summed E-state index contributed by atoms with van der Waals surface area (Å²) < 4.78 is 13.0. The zero-order valence-electron chi connectivity index (χ0n) is 11.3. The molecule has 0 aliphatic rings. The van der Waals surface area contributed by atoms with Crippen molar-refractivity contribution in [3.8, 4) is 0 Å². The van der Waals surface area contributed by atoms with Crippen LogP contribution < -0.4 is 5.32 Å². The number of hydrogen-bond acceptors (Lipinski definition) is 3. The molecule has 1 amide bonds. The van der Waals surface area contributed by atoms with Crippen molar-refractivity contribution in [3.63, 3.8) is 0 Å². The summed E-state index contributed by atoms with van der Waals surface area (Å²) in [6, 6.07) is 9.89. The van der Waals surface area contributed by atoms with Crippen LogP contribution in [0.2, 0.25) is 0 Å². The molecule has 2 aromatic carbocycles. The highest BCUT2D eigenvalue weighted by Gasteiger charge is 2.09. The molecule has 0 unspecified atom stereocenters. The smallest absolute Gasteiger partial charge is 0.269 e. The lowest BCUT2D eigenvalue weighted by atomic mass is 10.1. The fourth-order valence-electron chi connectivity index (χ4n) is 1.88. The minimum Gasteiger partial charge on any atom is -0.326 e. The van der Waals surface area contributed by atoms with Gasteiger partial charge in [-0.3, -0.25) is 14.9 Å². The van der Waals surface area contributed by atoms with Gasteiger partial charge in [-0.2, -0.15) is 0 Å². The van der Waals surface area contributed by atoms with Gasteiger partial charge < -0.3 is 5.32 Å². The first kappa shape index (κ1) is 14.6. The number of carbonyl (C=O) groups excluding carboxylic acids is 1. The third-order valence-corrected chi connectivity index (χ3v) is 2.97. The van der Waals surface area contributed by atoms with Gasteiger partial charge in [0.25, 0.3) is 5.69 Å². The zero-order valence-corrected chi connectivity index (χ0v) is 11.3. The maximum Gasteiger partial charge on any atom is 0.269 e. The Hall–Kier alpha value is -2.76. The van der Waals surface area contributed by atoms with E-state index in [0.29, 0.717) is 16.8 Å². The SMILES string of the molecule is Cc1cc(F)ccc1NC(=O)Cc1ccc([N+](=O)[O-])cc1. The number of rotatable bonds is 4. The van der Waals surface area contributed by atoms with Crippen molar-refractivity contribution in [1.29, 1.82) is 0 Å². The number of halogens is 1. The molecule has 0 spiro atoms. The summed E-state index contributed by atoms with van der Waals surface area (Å²) in [5.74, 6) is -0.626. The van der Waals surface area contributed by atoms with Gasteiger partial charge in [0.2, 0.25) is 5.91 Å². The Morgan fingerprint density at radius 3 is 2.48 bits per heavy atom. The van der Waals surface area contributed by atoms with Crippen molar-refractivity contribution >= 4 is 17.3 Å². The lowest BCUT2D eigenvalue weighted by Gasteiger charge is -2.08. The van der Waals surface area contributed by atoms with Crippen LogP contribution in [0.3, 0.4) is 0 Å². The van der Waals surface area contributed by atoms with Crippen LogP contribution >= 0.6 is 0 Å². The molecule has 5 nitrogen and oxygen atoms in total. The molecule has 0 bridgehead atoms. The van der Waals surface area contributed by atoms with Crippen molar-refractivity contribution in [1.82, 2.24) is 0 Å². The second kappa shape index (κ2) is 6.13. The highest BCUT2D eigenvalue weighted by Crippen LogP contribution is 2.17. The second-order valence-corrected chi connectivity index (χ2v) is 4.61. The Morgan fingerprint density at radius 1 is 1.24 bits per heavy atom. The highest BCUT2D eigenvalue weighted by atomic mass is 19.1. The van der Waals surface area contributed by atoms with Gasteiger partial charge in [0.15, 0.2) is 0 Å². The molecule has 0 heterocycles. The summed E-state index contributed by atoms with van der Waals surface area (Å²) in [7, 11) is 0. The van der Waals surface area contributed by atoms with E-state index in [1.807, 2.05) is 0 Å². The molecular formula is C15H13FN2O3. The van der Waals surface area contributed by atoms with Crippen molar-refractivity contribution in [2.75, 3.05) is 5.32 Å². The van der Waals surface area contributed by atoms with Crippen LogP contribution in [-0.4, -0.2) is 10.8 Å². The molecule has 0 atom stereocenters. The van der Waals surface area contributed by atoms with Gasteiger partial charge in [-0.05, 0) is 36.2 Å². The third kappa shape index (κ3) is 3.85. The molecule has 0 aromatic heterocycles. The predicted octanol–water partition coefficient (Wildman–Crippen LogP) is 3.22. The Kier molecular flexibility index (Phi) is 4.27. The number of nitrogens with one attached hydrogen (secondary N) is 1. The zero-order chi connectivity index (χ0) is 15.4. The molecule has 2 rings (SSSR count). The lowest BCUT2D eigenvalue weighted by molar-refractivity contribution is -0.384. The normalized spacial score (nSPS) is 10.2. The van der Waals surface area contributed by atoms with Gasteiger partial charge in [-0.25, -0.2) is 4.39 Å². The van der Waals surface area contributed by atoms with E-state index in [2.05, 4.69) is 5.32 Å². The first-order chi connectivity index (χ1) is 9.95. The van der Waals surface area contributed by atoms with Crippen LogP contribution in [0.25, 0.3) is 0 Å². The van der Waals surface area contributed by atoms with Crippen LogP contribution in [-0.2, 0) is 11.2 Å². The van der Waals surface area contributed by atoms with Crippen LogP contribution in [0.5, 0.6) is 0 Å². The Bertz CT molecular complexity index is 684. The minimum atomic E-state index is -0.494. The largest absolute Gasteiger partial charge is 0.326 e. The number of amides is 1. The van der Waals surface area contributed by atoms with Gasteiger partial charge in [-0.15, -0.1) is 0 Å². The molecule has 6 heteroatoms. The number of nitro benzene ring substituents is 1. The first-order valence-electron chi connectivity index (χ1n) is 6.25. The van der Waals surface area contributed by atoms with E-state index < -0.39 is 4.92 Å². The second-order valence-electron chi connectivity index (χ2n) is 4.61. The van der Waals surface area contributed by atoms with Gasteiger partial charge in [0, 0.05) is 17.8 Å². The van der Waals surface area contributed by atoms with Gasteiger partial charge in [-0.1, -0.05) is 12.1 Å². The monoisotopic (exact) mass is 288 g/mol. The summed E-state index contributed by atoms with van der Waals surface area (Å²) in [6.45, 7) is 1.70. The molecule has 0 saturated heterocycles. The molecule has 2 aromatic rings. The quantitative estimate of drug-likeness (QED) is 0.693. The maximum absolute atomic E-state index is 13.0. The molecule has 21 heavy (non-hydrogen) atoms. The van der Waals surface area contributed by atoms with Crippen LogP contribution in [0.1, 0.15) is 11.1 Å². The van der Waals surface area contributed by atoms with Crippen LogP contribution in [0.4, 0.5) is 15.8 Å². The predicted molar refractivity (Wildman–Crippen MR) is 76.6 cm³/mol. The van der Waals surface area contributed by atoms with Gasteiger partial charge in [0.1, 0.15) is 5.82 Å². The first-order valence-corrected chi connectivity index (χ1v) is 6.25. The molecule has 1 N–H and O–H groups in total. The Morgan fingerprint density at radius 2 is 1.90 bits per heavy atom. The van der Waals surface area contributed by atoms with Crippen molar-refractivity contribution < 1.29 is 14.1 Å². The van der Waals surface area contributed by atoms with Crippen molar-refractivity contribution in [2.24, 2.45) is 0 Å². The number of anilines is 1. The number of benzene rings is 2. The fraction of sp³-hybridized carbons (Fsp3) is 0.133. The summed E-state index contributed by atoms with van der Waals surface area (Å²) in [6.07, 6.45) is 0.0921. The van der Waals surface area contributed by atoms with Gasteiger partial charge >= 0.3 is 0 Å². The van der Waals surface area contributed by atoms with Crippen LogP contribution in [0.15, 0.2) is 42.5 Å². The number of non-ortho nitro benzene ring substituents is 1. The molecule has 0 saturated carbocycles. The Labute approximate surface area is 120 Å². The lowest BCUT2D eigenvalue weighted by Crippen LogP contribution is -2.15. The maximum atomic E-state index is 13.0. The fourth-order valence-corrected chi connectivity index (χ4v) is 1.88. The number of aryl methyl sites for hydroxylation is 1. The topological polar surface area (TPSA) is 72.2 Å². The van der Waals surface area contributed by atoms with E-state index in [1.165, 1.54) is 42.5 Å². The molecular weight excluding hydrogens is 275 g/mol. The van der Waals surface area contributed by atoms with E-state index in [9.17, 15) is 19.3 Å².